The fraction of sp³-hybridized carbons (Fsp3) is 0.129. The average molecular weight is 516 g/mol. The molecule has 0 aliphatic carbocycles. The Morgan fingerprint density at radius 1 is 0.946 bits per heavy atom. The summed E-state index contributed by atoms with van der Waals surface area (Å²) in [5, 5.41) is 0.528. The van der Waals surface area contributed by atoms with Crippen molar-refractivity contribution in [2.45, 2.75) is 19.1 Å². The molecule has 3 nitrogen and oxygen atoms in total. The third-order valence-corrected chi connectivity index (χ3v) is 6.45. The number of rotatable bonds is 8. The lowest BCUT2D eigenvalue weighted by Crippen LogP contribution is -2.07. The molecule has 0 spiro atoms. The van der Waals surface area contributed by atoms with E-state index in [-0.39, 0.29) is 24.1 Å². The minimum atomic E-state index is -0.696. The molecule has 4 aromatic rings. The second-order valence-electron chi connectivity index (χ2n) is 8.69. The first kappa shape index (κ1) is 24.7. The lowest BCUT2D eigenvalue weighted by molar-refractivity contribution is 0.304. The SMILES string of the molecule is C=CCc1cc(-c2ccc(C3COC(c4c(F)cccc4F)=N3)cc2)cc(Cl)c1OCc1ccccc1. The molecule has 186 valence electrons. The molecule has 6 heteroatoms. The third-order valence-electron chi connectivity index (χ3n) is 6.17. The highest BCUT2D eigenvalue weighted by Gasteiger charge is 2.26. The Kier molecular flexibility index (Phi) is 7.33. The molecule has 37 heavy (non-hydrogen) atoms. The first-order chi connectivity index (χ1) is 18.0. The van der Waals surface area contributed by atoms with Crippen molar-refractivity contribution in [1.82, 2.24) is 0 Å². The highest BCUT2D eigenvalue weighted by molar-refractivity contribution is 6.32. The van der Waals surface area contributed by atoms with E-state index in [4.69, 9.17) is 21.1 Å². The fourth-order valence-corrected chi connectivity index (χ4v) is 4.59. The number of hydrogen-bond donors (Lipinski definition) is 0. The van der Waals surface area contributed by atoms with Crippen LogP contribution in [0.25, 0.3) is 11.1 Å². The van der Waals surface area contributed by atoms with Crippen molar-refractivity contribution in [3.63, 3.8) is 0 Å². The van der Waals surface area contributed by atoms with E-state index in [0.717, 1.165) is 27.8 Å². The average Bonchev–Trinajstić information content (AvgIpc) is 3.39. The first-order valence-corrected chi connectivity index (χ1v) is 12.3. The summed E-state index contributed by atoms with van der Waals surface area (Å²) >= 11 is 6.67. The van der Waals surface area contributed by atoms with Crippen molar-refractivity contribution in [3.8, 4) is 16.9 Å². The largest absolute Gasteiger partial charge is 0.487 e. The van der Waals surface area contributed by atoms with Crippen LogP contribution in [-0.4, -0.2) is 12.5 Å². The molecular weight excluding hydrogens is 492 g/mol. The minimum absolute atomic E-state index is 0.0170. The number of aliphatic imine (C=N–C) groups is 1. The standard InChI is InChI=1S/C31H24ClF2NO2/c1-2-7-23-16-24(17-25(32)30(23)36-18-20-8-4-3-5-9-20)21-12-14-22(15-13-21)28-19-37-31(35-28)29-26(33)10-6-11-27(29)34/h2-6,8-17,28H,1,7,18-19H2. The van der Waals surface area contributed by atoms with Crippen molar-refractivity contribution in [2.75, 3.05) is 6.61 Å². The van der Waals surface area contributed by atoms with E-state index in [1.165, 1.54) is 18.2 Å². The van der Waals surface area contributed by atoms with Gasteiger partial charge in [0.2, 0.25) is 5.90 Å². The second-order valence-corrected chi connectivity index (χ2v) is 9.10. The maximum atomic E-state index is 14.1. The molecule has 1 aliphatic rings. The van der Waals surface area contributed by atoms with Crippen LogP contribution in [-0.2, 0) is 17.8 Å². The molecule has 0 radical (unpaired) electrons. The van der Waals surface area contributed by atoms with E-state index in [0.29, 0.717) is 23.8 Å². The van der Waals surface area contributed by atoms with Crippen molar-refractivity contribution in [2.24, 2.45) is 4.99 Å². The lowest BCUT2D eigenvalue weighted by atomic mass is 9.98. The predicted molar refractivity (Wildman–Crippen MR) is 143 cm³/mol. The third kappa shape index (κ3) is 5.42. The van der Waals surface area contributed by atoms with Crippen molar-refractivity contribution < 1.29 is 18.3 Å². The summed E-state index contributed by atoms with van der Waals surface area (Å²) in [6, 6.07) is 25.0. The molecule has 0 fully saturated rings. The Hall–Kier alpha value is -3.96. The van der Waals surface area contributed by atoms with Gasteiger partial charge in [-0.25, -0.2) is 13.8 Å². The molecule has 1 heterocycles. The van der Waals surface area contributed by atoms with Gasteiger partial charge in [0.15, 0.2) is 0 Å². The van der Waals surface area contributed by atoms with Crippen LogP contribution < -0.4 is 4.74 Å². The maximum Gasteiger partial charge on any atom is 0.222 e. The van der Waals surface area contributed by atoms with Crippen LogP contribution in [0.15, 0.2) is 103 Å². The fourth-order valence-electron chi connectivity index (χ4n) is 4.30. The predicted octanol–water partition coefficient (Wildman–Crippen LogP) is 8.11. The monoisotopic (exact) mass is 515 g/mol. The molecule has 1 unspecified atom stereocenters. The summed E-state index contributed by atoms with van der Waals surface area (Å²) in [5.41, 5.74) is 4.57. The number of allylic oxidation sites excluding steroid dienone is 1. The Morgan fingerprint density at radius 2 is 1.68 bits per heavy atom. The number of halogens is 3. The van der Waals surface area contributed by atoms with Crippen LogP contribution in [0.5, 0.6) is 5.75 Å². The van der Waals surface area contributed by atoms with Gasteiger partial charge in [0.1, 0.15) is 42.2 Å². The molecule has 1 atom stereocenters. The molecule has 5 rings (SSSR count). The van der Waals surface area contributed by atoms with E-state index in [9.17, 15) is 8.78 Å². The second kappa shape index (κ2) is 11.0. The van der Waals surface area contributed by atoms with Crippen molar-refractivity contribution >= 4 is 17.5 Å². The van der Waals surface area contributed by atoms with Gasteiger partial charge in [-0.3, -0.25) is 0 Å². The van der Waals surface area contributed by atoms with E-state index >= 15 is 0 Å². The highest BCUT2D eigenvalue weighted by atomic mass is 35.5. The number of hydrogen-bond acceptors (Lipinski definition) is 3. The minimum Gasteiger partial charge on any atom is -0.487 e. The maximum absolute atomic E-state index is 14.1. The Morgan fingerprint density at radius 3 is 2.38 bits per heavy atom. The molecule has 0 aromatic heterocycles. The zero-order chi connectivity index (χ0) is 25.8. The van der Waals surface area contributed by atoms with Gasteiger partial charge >= 0.3 is 0 Å². The van der Waals surface area contributed by atoms with E-state index in [2.05, 4.69) is 17.6 Å². The lowest BCUT2D eigenvalue weighted by Gasteiger charge is -2.15. The van der Waals surface area contributed by atoms with Gasteiger partial charge in [-0.15, -0.1) is 6.58 Å². The van der Waals surface area contributed by atoms with Gasteiger partial charge in [-0.1, -0.05) is 78.3 Å². The van der Waals surface area contributed by atoms with Gasteiger partial charge in [-0.05, 0) is 52.9 Å². The zero-order valence-corrected chi connectivity index (χ0v) is 20.7. The molecule has 4 aromatic carbocycles. The van der Waals surface area contributed by atoms with Crippen molar-refractivity contribution in [3.05, 3.63) is 136 Å². The highest BCUT2D eigenvalue weighted by Crippen LogP contribution is 2.36. The van der Waals surface area contributed by atoms with Gasteiger partial charge < -0.3 is 9.47 Å². The molecule has 0 N–H and O–H groups in total. The molecule has 0 bridgehead atoms. The van der Waals surface area contributed by atoms with Crippen LogP contribution in [0.2, 0.25) is 5.02 Å². The summed E-state index contributed by atoms with van der Waals surface area (Å²) in [6.45, 7) is 4.50. The molecule has 0 saturated heterocycles. The summed E-state index contributed by atoms with van der Waals surface area (Å²) in [7, 11) is 0. The quantitative estimate of drug-likeness (QED) is 0.222. The molecule has 0 saturated carbocycles. The van der Waals surface area contributed by atoms with Gasteiger partial charge in [0.25, 0.3) is 0 Å². The summed E-state index contributed by atoms with van der Waals surface area (Å²) in [4.78, 5) is 4.43. The topological polar surface area (TPSA) is 30.8 Å². The number of nitrogens with zero attached hydrogens (tertiary/aromatic N) is 1. The van der Waals surface area contributed by atoms with E-state index < -0.39 is 11.6 Å². The number of benzene rings is 4. The molecular formula is C31H24ClF2NO2. The number of ether oxygens (including phenoxy) is 2. The summed E-state index contributed by atoms with van der Waals surface area (Å²) in [5.74, 6) is -0.760. The van der Waals surface area contributed by atoms with E-state index in [1.807, 2.05) is 66.7 Å². The van der Waals surface area contributed by atoms with Gasteiger partial charge in [-0.2, -0.15) is 0 Å². The van der Waals surface area contributed by atoms with Crippen LogP contribution >= 0.6 is 11.6 Å². The van der Waals surface area contributed by atoms with Crippen molar-refractivity contribution in [1.29, 1.82) is 0 Å². The smallest absolute Gasteiger partial charge is 0.222 e. The summed E-state index contributed by atoms with van der Waals surface area (Å²) < 4.78 is 39.9. The van der Waals surface area contributed by atoms with Crippen LogP contribution in [0.3, 0.4) is 0 Å². The Bertz CT molecular complexity index is 1430. The van der Waals surface area contributed by atoms with Crippen LogP contribution in [0.1, 0.15) is 28.3 Å². The van der Waals surface area contributed by atoms with Crippen LogP contribution in [0.4, 0.5) is 8.78 Å². The van der Waals surface area contributed by atoms with Gasteiger partial charge in [0.05, 0.1) is 5.02 Å². The first-order valence-electron chi connectivity index (χ1n) is 11.9. The zero-order valence-electron chi connectivity index (χ0n) is 20.0. The van der Waals surface area contributed by atoms with Gasteiger partial charge in [0, 0.05) is 5.56 Å². The molecule has 0 amide bonds. The Labute approximate surface area is 219 Å². The molecule has 1 aliphatic heterocycles. The normalized spacial score (nSPS) is 14.7. The van der Waals surface area contributed by atoms with E-state index in [1.54, 1.807) is 0 Å². The summed E-state index contributed by atoms with van der Waals surface area (Å²) in [6.07, 6.45) is 2.43. The van der Waals surface area contributed by atoms with Crippen LogP contribution in [0, 0.1) is 11.6 Å². The Balaban J connectivity index is 1.37.